The van der Waals surface area contributed by atoms with E-state index in [1.54, 1.807) is 18.5 Å². The van der Waals surface area contributed by atoms with Crippen LogP contribution >= 0.6 is 0 Å². The number of benzene rings is 1. The summed E-state index contributed by atoms with van der Waals surface area (Å²) in [5.74, 6) is -0.614. The Kier molecular flexibility index (Phi) is 6.54. The van der Waals surface area contributed by atoms with Crippen molar-refractivity contribution in [3.05, 3.63) is 71.7 Å². The maximum Gasteiger partial charge on any atom is 0.267 e. The average Bonchev–Trinajstić information content (AvgIpc) is 3.16. The summed E-state index contributed by atoms with van der Waals surface area (Å²) in [4.78, 5) is 20.9. The zero-order valence-electron chi connectivity index (χ0n) is 19.0. The molecule has 3 N–H and O–H groups in total. The topological polar surface area (TPSA) is 115 Å². The van der Waals surface area contributed by atoms with Crippen molar-refractivity contribution >= 4 is 17.3 Å². The van der Waals surface area contributed by atoms with Crippen LogP contribution in [-0.2, 0) is 17.9 Å². The minimum absolute atomic E-state index is 0.0608. The van der Waals surface area contributed by atoms with Crippen LogP contribution in [0.5, 0.6) is 0 Å². The molecule has 0 spiro atoms. The number of hydrogen-bond donors (Lipinski definition) is 2. The largest absolute Gasteiger partial charge is 0.597 e. The maximum absolute atomic E-state index is 13.4. The third kappa shape index (κ3) is 4.65. The summed E-state index contributed by atoms with van der Waals surface area (Å²) in [5.41, 5.74) is 10.9. The molecule has 7 nitrogen and oxygen atoms in total. The van der Waals surface area contributed by atoms with Gasteiger partial charge in [-0.25, -0.2) is 4.98 Å². The predicted octanol–water partition coefficient (Wildman–Crippen LogP) is 3.61. The van der Waals surface area contributed by atoms with E-state index in [4.69, 9.17) is 5.73 Å². The predicted molar refractivity (Wildman–Crippen MR) is 129 cm³/mol. The van der Waals surface area contributed by atoms with Gasteiger partial charge in [-0.3, -0.25) is 9.78 Å². The zero-order chi connectivity index (χ0) is 23.8. The minimum atomic E-state index is -1.32. The van der Waals surface area contributed by atoms with Crippen molar-refractivity contribution in [2.24, 2.45) is 5.73 Å². The van der Waals surface area contributed by atoms with E-state index >= 15 is 0 Å². The second-order valence-corrected chi connectivity index (χ2v) is 11.3. The van der Waals surface area contributed by atoms with Crippen LogP contribution in [0.2, 0.25) is 0 Å². The Hall–Kier alpha value is -2.78. The Labute approximate surface area is 197 Å². The van der Waals surface area contributed by atoms with E-state index in [9.17, 15) is 14.5 Å². The third-order valence-corrected chi connectivity index (χ3v) is 7.53. The fourth-order valence-electron chi connectivity index (χ4n) is 4.19. The number of hydrogen-bond acceptors (Lipinski definition) is 6. The number of primary amides is 1. The van der Waals surface area contributed by atoms with Gasteiger partial charge in [-0.2, -0.15) is 0 Å². The molecule has 3 aromatic rings. The molecule has 172 valence electrons. The summed E-state index contributed by atoms with van der Waals surface area (Å²) in [6.07, 6.45) is 3.92. The van der Waals surface area contributed by atoms with Crippen molar-refractivity contribution in [1.82, 2.24) is 14.3 Å². The van der Waals surface area contributed by atoms with Gasteiger partial charge in [-0.1, -0.05) is 24.3 Å². The zero-order valence-corrected chi connectivity index (χ0v) is 19.8. The van der Waals surface area contributed by atoms with Crippen LogP contribution in [0.15, 0.2) is 54.9 Å². The van der Waals surface area contributed by atoms with Crippen molar-refractivity contribution in [2.75, 3.05) is 6.61 Å². The number of carbonyl (C=O) groups is 1. The van der Waals surface area contributed by atoms with Crippen LogP contribution in [-0.4, -0.2) is 41.2 Å². The molecule has 0 bridgehead atoms. The maximum atomic E-state index is 13.4. The first-order valence-corrected chi connectivity index (χ1v) is 12.0. The van der Waals surface area contributed by atoms with Crippen molar-refractivity contribution in [3.8, 4) is 22.4 Å². The lowest BCUT2D eigenvalue weighted by molar-refractivity contribution is 0.0995. The molecular weight excluding hydrogens is 436 g/mol. The second kappa shape index (κ2) is 9.23. The summed E-state index contributed by atoms with van der Waals surface area (Å²) in [5, 5.41) is 9.82. The van der Waals surface area contributed by atoms with Gasteiger partial charge in [-0.05, 0) is 56.5 Å². The van der Waals surface area contributed by atoms with E-state index in [0.717, 1.165) is 27.8 Å². The Bertz CT molecular complexity index is 1160. The van der Waals surface area contributed by atoms with Gasteiger partial charge in [0.05, 0.1) is 18.3 Å². The number of nitrogens with zero attached hydrogens (tertiary/aromatic N) is 3. The highest BCUT2D eigenvalue weighted by atomic mass is 32.2. The van der Waals surface area contributed by atoms with Crippen LogP contribution in [0, 0.1) is 0 Å². The Morgan fingerprint density at radius 3 is 2.58 bits per heavy atom. The Morgan fingerprint density at radius 2 is 1.94 bits per heavy atom. The van der Waals surface area contributed by atoms with Crippen molar-refractivity contribution in [1.29, 1.82) is 0 Å². The molecule has 8 heteroatoms. The molecule has 1 aliphatic heterocycles. The van der Waals surface area contributed by atoms with Gasteiger partial charge in [0, 0.05) is 47.1 Å². The molecule has 4 rings (SSSR count). The van der Waals surface area contributed by atoms with E-state index in [-0.39, 0.29) is 18.3 Å². The summed E-state index contributed by atoms with van der Waals surface area (Å²) in [7, 11) is 0. The molecule has 2 aromatic heterocycles. The number of aliphatic hydroxyl groups is 1. The fraction of sp³-hybridized carbons (Fsp3) is 0.320. The lowest BCUT2D eigenvalue weighted by atomic mass is 9.94. The average molecular weight is 465 g/mol. The highest BCUT2D eigenvalue weighted by Crippen LogP contribution is 2.45. The molecule has 1 aliphatic rings. The number of aliphatic hydroxyl groups excluding tert-OH is 1. The highest BCUT2D eigenvalue weighted by molar-refractivity contribution is 7.90. The van der Waals surface area contributed by atoms with Gasteiger partial charge in [0.15, 0.2) is 0 Å². The molecular formula is C25H28N4O3S. The molecule has 0 aliphatic carbocycles. The monoisotopic (exact) mass is 464 g/mol. The Balaban J connectivity index is 1.89. The third-order valence-electron chi connectivity index (χ3n) is 5.67. The van der Waals surface area contributed by atoms with Crippen LogP contribution < -0.4 is 5.73 Å². The lowest BCUT2D eigenvalue weighted by Gasteiger charge is -2.33. The van der Waals surface area contributed by atoms with Gasteiger partial charge in [0.2, 0.25) is 0 Å². The number of pyridine rings is 2. The molecule has 33 heavy (non-hydrogen) atoms. The SMILES string of the molecule is CC(C)(C)[S+]([O-])N1Cc2cc(C(N)=O)nc(-c3cccc(-c4cccnc4)c3)c2C1CCO. The number of nitrogens with two attached hydrogens (primary N) is 1. The van der Waals surface area contributed by atoms with Gasteiger partial charge >= 0.3 is 0 Å². The summed E-state index contributed by atoms with van der Waals surface area (Å²) in [6, 6.07) is 13.1. The summed E-state index contributed by atoms with van der Waals surface area (Å²) < 4.78 is 14.8. The van der Waals surface area contributed by atoms with Crippen LogP contribution in [0.25, 0.3) is 22.4 Å². The minimum Gasteiger partial charge on any atom is -0.597 e. The van der Waals surface area contributed by atoms with Gasteiger partial charge < -0.3 is 15.4 Å². The smallest absolute Gasteiger partial charge is 0.267 e. The van der Waals surface area contributed by atoms with Crippen molar-refractivity contribution < 1.29 is 14.5 Å². The highest BCUT2D eigenvalue weighted by Gasteiger charge is 2.44. The molecule has 2 atom stereocenters. The number of aromatic nitrogens is 2. The Morgan fingerprint density at radius 1 is 1.21 bits per heavy atom. The van der Waals surface area contributed by atoms with E-state index < -0.39 is 22.0 Å². The summed E-state index contributed by atoms with van der Waals surface area (Å²) in [6.45, 7) is 6.10. The number of amides is 1. The molecule has 0 fully saturated rings. The normalized spacial score (nSPS) is 17.1. The standard InChI is InChI=1S/C25H28N4O3S/c1-25(2,3)33(32)29-15-19-13-20(24(26)31)28-23(22(19)21(29)9-11-30)17-7-4-6-16(12-17)18-8-5-10-27-14-18/h4-8,10,12-14,21,30H,9,11,15H2,1-3H3,(H2,26,31). The number of carbonyl (C=O) groups excluding carboxylic acids is 1. The molecule has 0 saturated heterocycles. The van der Waals surface area contributed by atoms with E-state index in [0.29, 0.717) is 18.7 Å². The van der Waals surface area contributed by atoms with Gasteiger partial charge in [-0.15, -0.1) is 4.31 Å². The van der Waals surface area contributed by atoms with Crippen molar-refractivity contribution in [2.45, 2.75) is 44.5 Å². The van der Waals surface area contributed by atoms with Crippen LogP contribution in [0.1, 0.15) is 54.8 Å². The number of fused-ring (bicyclic) bond motifs is 1. The second-order valence-electron chi connectivity index (χ2n) is 9.08. The lowest BCUT2D eigenvalue weighted by Crippen LogP contribution is -2.42. The molecule has 1 aromatic carbocycles. The fourth-order valence-corrected chi connectivity index (χ4v) is 5.60. The molecule has 0 radical (unpaired) electrons. The molecule has 2 unspecified atom stereocenters. The van der Waals surface area contributed by atoms with E-state index in [1.807, 2.05) is 61.5 Å². The van der Waals surface area contributed by atoms with Gasteiger partial charge in [0.25, 0.3) is 5.91 Å². The van der Waals surface area contributed by atoms with Crippen LogP contribution in [0.3, 0.4) is 0 Å². The quantitative estimate of drug-likeness (QED) is 0.539. The number of rotatable bonds is 6. The first-order chi connectivity index (χ1) is 15.7. The molecule has 3 heterocycles. The summed E-state index contributed by atoms with van der Waals surface area (Å²) >= 11 is -1.32. The molecule has 0 saturated carbocycles. The van der Waals surface area contributed by atoms with Crippen LogP contribution in [0.4, 0.5) is 0 Å². The van der Waals surface area contributed by atoms with E-state index in [2.05, 4.69) is 9.97 Å². The molecule has 1 amide bonds. The van der Waals surface area contributed by atoms with Gasteiger partial charge in [0.1, 0.15) is 10.4 Å². The van der Waals surface area contributed by atoms with Crippen molar-refractivity contribution in [3.63, 3.8) is 0 Å². The first kappa shape index (κ1) is 23.4. The van der Waals surface area contributed by atoms with E-state index in [1.165, 1.54) is 0 Å². The first-order valence-electron chi connectivity index (χ1n) is 10.8.